The van der Waals surface area contributed by atoms with Crippen LogP contribution in [0.25, 0.3) is 22.3 Å². The smallest absolute Gasteiger partial charge is 0.343 e. The van der Waals surface area contributed by atoms with Crippen molar-refractivity contribution in [1.82, 2.24) is 9.55 Å². The number of hydrogen-bond acceptors (Lipinski definition) is 11. The minimum atomic E-state index is -2.09. The summed E-state index contributed by atoms with van der Waals surface area (Å²) in [4.78, 5) is 31.7. The lowest BCUT2D eigenvalue weighted by Crippen LogP contribution is -2.61. The van der Waals surface area contributed by atoms with E-state index in [-0.39, 0.29) is 30.7 Å². The van der Waals surface area contributed by atoms with Gasteiger partial charge in [-0.05, 0) is 18.2 Å². The van der Waals surface area contributed by atoms with Crippen molar-refractivity contribution >= 4 is 16.9 Å². The number of pyridine rings is 2. The van der Waals surface area contributed by atoms with Gasteiger partial charge in [-0.2, -0.15) is 0 Å². The van der Waals surface area contributed by atoms with Gasteiger partial charge in [0.05, 0.1) is 35.6 Å². The number of nitrogens with zero attached hydrogens (tertiary/aromatic N) is 2. The zero-order valence-corrected chi connectivity index (χ0v) is 20.1. The van der Waals surface area contributed by atoms with Crippen LogP contribution in [0.5, 0.6) is 0 Å². The third-order valence-corrected chi connectivity index (χ3v) is 7.52. The number of aliphatic hydroxyl groups is 5. The topological polar surface area (TPSA) is 181 Å². The Labute approximate surface area is 215 Å². The summed E-state index contributed by atoms with van der Waals surface area (Å²) in [5, 5.41) is 51.4. The predicted octanol–water partition coefficient (Wildman–Crippen LogP) is -1.12. The van der Waals surface area contributed by atoms with E-state index in [0.29, 0.717) is 11.4 Å². The summed E-state index contributed by atoms with van der Waals surface area (Å²) in [6, 6.07) is 11.1. The Morgan fingerprint density at radius 3 is 2.63 bits per heavy atom. The van der Waals surface area contributed by atoms with Crippen LogP contribution < -0.4 is 5.56 Å². The first kappa shape index (κ1) is 25.1. The molecule has 0 bridgehead atoms. The SMILES string of the molecule is O=C1OCc2c(cc3n(c2=O)Cc2cc4ccccc4nc2-3)[C@]1(CCO)O[C@@H]1O[C@H](CO)[C@@H](O)[C@H](O)[C@H]1O. The Morgan fingerprint density at radius 1 is 1.08 bits per heavy atom. The molecule has 12 heteroatoms. The summed E-state index contributed by atoms with van der Waals surface area (Å²) in [6.45, 7) is -1.33. The molecule has 0 spiro atoms. The average Bonchev–Trinajstić information content (AvgIpc) is 3.28. The van der Waals surface area contributed by atoms with Crippen LogP contribution in [0.1, 0.15) is 23.1 Å². The lowest BCUT2D eigenvalue weighted by atomic mass is 9.84. The lowest BCUT2D eigenvalue weighted by Gasteiger charge is -2.44. The first-order valence-electron chi connectivity index (χ1n) is 12.2. The van der Waals surface area contributed by atoms with E-state index < -0.39 is 61.0 Å². The molecule has 6 atom stereocenters. The van der Waals surface area contributed by atoms with Crippen molar-refractivity contribution in [3.05, 3.63) is 63.4 Å². The minimum absolute atomic E-state index is 0.124. The largest absolute Gasteiger partial charge is 0.458 e. The predicted molar refractivity (Wildman–Crippen MR) is 129 cm³/mol. The second kappa shape index (κ2) is 9.20. The van der Waals surface area contributed by atoms with E-state index in [1.807, 2.05) is 30.3 Å². The van der Waals surface area contributed by atoms with Crippen molar-refractivity contribution in [2.45, 2.75) is 55.9 Å². The molecule has 0 unspecified atom stereocenters. The van der Waals surface area contributed by atoms with Gasteiger partial charge in [-0.3, -0.25) is 4.79 Å². The number of para-hydroxylation sites is 1. The van der Waals surface area contributed by atoms with E-state index in [9.17, 15) is 35.1 Å². The standard InChI is InChI=1S/C26H26N2O10/c29-6-5-26(38-24-22(33)21(32)20(31)18(10-30)37-24)15-8-17-19-13(7-12-3-1-2-4-16(12)27-19)9-28(17)23(34)14(15)11-36-25(26)35/h1-4,7-8,18,20-22,24,29-33H,5-6,9-11H2/t18-,20-,21+,22-,24+,26+/m1/s1. The van der Waals surface area contributed by atoms with Crippen LogP contribution in [0.2, 0.25) is 0 Å². The number of carbonyl (C=O) groups excluding carboxylic acids is 1. The van der Waals surface area contributed by atoms with Crippen LogP contribution in [0.4, 0.5) is 0 Å². The Hall–Kier alpha value is -3.23. The van der Waals surface area contributed by atoms with E-state index >= 15 is 0 Å². The van der Waals surface area contributed by atoms with Crippen LogP contribution in [0.15, 0.2) is 41.2 Å². The lowest BCUT2D eigenvalue weighted by molar-refractivity contribution is -0.329. The molecule has 3 aliphatic rings. The number of benzene rings is 1. The van der Waals surface area contributed by atoms with Gasteiger partial charge in [0, 0.05) is 29.5 Å². The molecule has 6 rings (SSSR count). The van der Waals surface area contributed by atoms with Crippen molar-refractivity contribution < 1.29 is 44.5 Å². The molecule has 0 radical (unpaired) electrons. The van der Waals surface area contributed by atoms with Gasteiger partial charge in [-0.1, -0.05) is 18.2 Å². The molecule has 1 fully saturated rings. The Kier molecular flexibility index (Phi) is 6.07. The molecule has 0 amide bonds. The van der Waals surface area contributed by atoms with E-state index in [2.05, 4.69) is 0 Å². The molecular formula is C26H26N2O10. The van der Waals surface area contributed by atoms with E-state index in [0.717, 1.165) is 16.5 Å². The molecule has 0 aliphatic carbocycles. The highest BCUT2D eigenvalue weighted by Gasteiger charge is 2.54. The maximum Gasteiger partial charge on any atom is 0.343 e. The number of carbonyl (C=O) groups is 1. The number of esters is 1. The maximum absolute atomic E-state index is 13.7. The molecule has 0 saturated carbocycles. The summed E-state index contributed by atoms with van der Waals surface area (Å²) >= 11 is 0. The number of fused-ring (bicyclic) bond motifs is 5. The van der Waals surface area contributed by atoms with Gasteiger partial charge < -0.3 is 44.3 Å². The van der Waals surface area contributed by atoms with Crippen LogP contribution in [-0.4, -0.2) is 85.0 Å². The molecule has 1 aromatic carbocycles. The zero-order valence-electron chi connectivity index (χ0n) is 20.1. The van der Waals surface area contributed by atoms with E-state index in [1.165, 1.54) is 4.57 Å². The van der Waals surface area contributed by atoms with Gasteiger partial charge in [0.2, 0.25) is 0 Å². The maximum atomic E-state index is 13.7. The summed E-state index contributed by atoms with van der Waals surface area (Å²) in [7, 11) is 0. The molecular weight excluding hydrogens is 500 g/mol. The van der Waals surface area contributed by atoms with Crippen LogP contribution in [-0.2, 0) is 37.8 Å². The second-order valence-electron chi connectivity index (χ2n) is 9.69. The van der Waals surface area contributed by atoms with Gasteiger partial charge in [0.25, 0.3) is 5.56 Å². The third kappa shape index (κ3) is 3.61. The summed E-state index contributed by atoms with van der Waals surface area (Å²) < 4.78 is 18.3. The van der Waals surface area contributed by atoms with Gasteiger partial charge in [0.1, 0.15) is 31.0 Å². The molecule has 1 saturated heterocycles. The number of cyclic esters (lactones) is 1. The van der Waals surface area contributed by atoms with Crippen LogP contribution >= 0.6 is 0 Å². The van der Waals surface area contributed by atoms with Gasteiger partial charge in [-0.25, -0.2) is 9.78 Å². The fourth-order valence-electron chi connectivity index (χ4n) is 5.51. The summed E-state index contributed by atoms with van der Waals surface area (Å²) in [6.07, 6.45) is -8.58. The number of rotatable bonds is 5. The van der Waals surface area contributed by atoms with Gasteiger partial charge >= 0.3 is 5.97 Å². The van der Waals surface area contributed by atoms with Crippen molar-refractivity contribution in [3.8, 4) is 11.4 Å². The van der Waals surface area contributed by atoms with Crippen molar-refractivity contribution in [3.63, 3.8) is 0 Å². The normalized spacial score (nSPS) is 30.0. The molecule has 3 aromatic rings. The van der Waals surface area contributed by atoms with Crippen LogP contribution in [0, 0.1) is 0 Å². The fraction of sp³-hybridized carbons (Fsp3) is 0.423. The quantitative estimate of drug-likeness (QED) is 0.199. The Bertz CT molecular complexity index is 1490. The fourth-order valence-corrected chi connectivity index (χ4v) is 5.51. The Balaban J connectivity index is 1.50. The first-order chi connectivity index (χ1) is 18.3. The molecule has 5 heterocycles. The molecule has 12 nitrogen and oxygen atoms in total. The molecule has 38 heavy (non-hydrogen) atoms. The molecule has 5 N–H and O–H groups in total. The highest BCUT2D eigenvalue weighted by atomic mass is 16.7. The van der Waals surface area contributed by atoms with E-state index in [4.69, 9.17) is 19.2 Å². The second-order valence-corrected chi connectivity index (χ2v) is 9.69. The van der Waals surface area contributed by atoms with Gasteiger partial charge in [-0.15, -0.1) is 0 Å². The molecule has 200 valence electrons. The minimum Gasteiger partial charge on any atom is -0.458 e. The van der Waals surface area contributed by atoms with Crippen molar-refractivity contribution in [2.24, 2.45) is 0 Å². The Morgan fingerprint density at radius 2 is 1.87 bits per heavy atom. The van der Waals surface area contributed by atoms with Crippen molar-refractivity contribution in [2.75, 3.05) is 13.2 Å². The molecule has 3 aliphatic heterocycles. The van der Waals surface area contributed by atoms with Crippen molar-refractivity contribution in [1.29, 1.82) is 0 Å². The van der Waals surface area contributed by atoms with Gasteiger partial charge in [0.15, 0.2) is 11.9 Å². The number of aromatic nitrogens is 2. The summed E-state index contributed by atoms with van der Waals surface area (Å²) in [5.74, 6) is -0.926. The molecule has 2 aromatic heterocycles. The third-order valence-electron chi connectivity index (χ3n) is 7.52. The van der Waals surface area contributed by atoms with Crippen LogP contribution in [0.3, 0.4) is 0 Å². The number of hydrogen-bond donors (Lipinski definition) is 5. The number of ether oxygens (including phenoxy) is 3. The monoisotopic (exact) mass is 526 g/mol. The van der Waals surface area contributed by atoms with E-state index in [1.54, 1.807) is 6.07 Å². The number of aliphatic hydroxyl groups excluding tert-OH is 5. The highest BCUT2D eigenvalue weighted by molar-refractivity contribution is 5.86. The summed E-state index contributed by atoms with van der Waals surface area (Å²) in [5.41, 5.74) is 0.290. The average molecular weight is 526 g/mol. The highest BCUT2D eigenvalue weighted by Crippen LogP contribution is 2.42. The first-order valence-corrected chi connectivity index (χ1v) is 12.2. The zero-order chi connectivity index (χ0) is 26.8.